The molecular weight excluding hydrogens is 501 g/mol. The van der Waals surface area contributed by atoms with E-state index in [1.165, 1.54) is 21.0 Å². The monoisotopic (exact) mass is 520 g/mol. The van der Waals surface area contributed by atoms with Crippen LogP contribution in [0.25, 0.3) is 0 Å². The maximum atomic E-state index is 14.7. The molecule has 0 unspecified atom stereocenters. The minimum Gasteiger partial charge on any atom is -0.497 e. The van der Waals surface area contributed by atoms with E-state index in [2.05, 4.69) is 4.74 Å². The second kappa shape index (κ2) is 10.5. The van der Waals surface area contributed by atoms with Crippen molar-refractivity contribution in [2.45, 2.75) is 50.0 Å². The van der Waals surface area contributed by atoms with Crippen molar-refractivity contribution in [1.29, 1.82) is 0 Å². The van der Waals surface area contributed by atoms with Gasteiger partial charge in [-0.05, 0) is 38.1 Å². The lowest BCUT2D eigenvalue weighted by Crippen LogP contribution is -2.67. The van der Waals surface area contributed by atoms with Crippen LogP contribution < -0.4 is 9.47 Å². The molecule has 0 spiro atoms. The molecule has 196 valence electrons. The lowest BCUT2D eigenvalue weighted by molar-refractivity contribution is -0.419. The Hall–Kier alpha value is -2.29. The summed E-state index contributed by atoms with van der Waals surface area (Å²) < 4.78 is 168. The Kier molecular flexibility index (Phi) is 9.22. The molecule has 0 atom stereocenters. The Morgan fingerprint density at radius 3 is 1.56 bits per heavy atom. The Balaban J connectivity index is 3.65. The van der Waals surface area contributed by atoms with Gasteiger partial charge in [-0.3, -0.25) is 0 Å². The van der Waals surface area contributed by atoms with Gasteiger partial charge in [-0.1, -0.05) is 0 Å². The highest BCUT2D eigenvalue weighted by Gasteiger charge is 2.88. The molecule has 15 heteroatoms. The first-order chi connectivity index (χ1) is 15.4. The molecule has 0 amide bonds. The number of hydrogen-bond donors (Lipinski definition) is 0. The van der Waals surface area contributed by atoms with Crippen molar-refractivity contribution in [2.75, 3.05) is 20.3 Å². The molecule has 0 heterocycles. The number of hydrogen-bond acceptors (Lipinski definition) is 4. The fraction of sp³-hybridized carbons (Fsp3) is 0.579. The second-order valence-electron chi connectivity index (χ2n) is 6.38. The molecule has 0 aliphatic heterocycles. The van der Waals surface area contributed by atoms with Crippen molar-refractivity contribution in [3.8, 4) is 11.5 Å². The van der Waals surface area contributed by atoms with Crippen LogP contribution in [0.15, 0.2) is 36.1 Å². The third kappa shape index (κ3) is 5.67. The number of benzene rings is 1. The molecule has 0 saturated carbocycles. The van der Waals surface area contributed by atoms with E-state index >= 15 is 0 Å². The summed E-state index contributed by atoms with van der Waals surface area (Å²) in [6.07, 6.45) is -9.30. The smallest absolute Gasteiger partial charge is 0.460 e. The number of halogens is 11. The van der Waals surface area contributed by atoms with E-state index in [4.69, 9.17) is 14.2 Å². The minimum atomic E-state index is -7.60. The molecule has 34 heavy (non-hydrogen) atoms. The molecule has 0 aliphatic rings. The fourth-order valence-electron chi connectivity index (χ4n) is 2.30. The van der Waals surface area contributed by atoms with Crippen molar-refractivity contribution < 1.29 is 67.2 Å². The molecule has 1 aromatic rings. The van der Waals surface area contributed by atoms with Crippen molar-refractivity contribution in [3.63, 3.8) is 0 Å². The maximum absolute atomic E-state index is 14.7. The lowest BCUT2D eigenvalue weighted by Gasteiger charge is -2.37. The molecule has 0 fully saturated rings. The highest BCUT2D eigenvalue weighted by Crippen LogP contribution is 2.58. The van der Waals surface area contributed by atoms with Gasteiger partial charge in [0, 0.05) is 19.3 Å². The largest absolute Gasteiger partial charge is 0.497 e. The summed E-state index contributed by atoms with van der Waals surface area (Å²) in [6, 6.07) is 3.83. The van der Waals surface area contributed by atoms with Crippen molar-refractivity contribution in [3.05, 3.63) is 36.1 Å². The predicted octanol–water partition coefficient (Wildman–Crippen LogP) is 6.46. The van der Waals surface area contributed by atoms with Crippen LogP contribution in [0.1, 0.15) is 13.8 Å². The summed E-state index contributed by atoms with van der Waals surface area (Å²) in [6.45, 7) is 2.02. The predicted molar refractivity (Wildman–Crippen MR) is 94.6 cm³/mol. The molecule has 0 aliphatic carbocycles. The van der Waals surface area contributed by atoms with E-state index in [0.29, 0.717) is 0 Å². The first-order valence-electron chi connectivity index (χ1n) is 9.26. The number of alkyl halides is 11. The van der Waals surface area contributed by atoms with Crippen LogP contribution in [0.3, 0.4) is 0 Å². The number of allylic oxidation sites excluding steroid dienone is 1. The van der Waals surface area contributed by atoms with Gasteiger partial charge in [-0.2, -0.15) is 48.3 Å². The van der Waals surface area contributed by atoms with Crippen LogP contribution in [-0.4, -0.2) is 56.5 Å². The zero-order valence-corrected chi connectivity index (χ0v) is 17.7. The summed E-state index contributed by atoms with van der Waals surface area (Å²) >= 11 is 0. The second-order valence-corrected chi connectivity index (χ2v) is 6.38. The Bertz CT molecular complexity index is 815. The van der Waals surface area contributed by atoms with Crippen molar-refractivity contribution >= 4 is 0 Å². The van der Waals surface area contributed by atoms with Crippen LogP contribution in [0, 0.1) is 0 Å². The van der Waals surface area contributed by atoms with Gasteiger partial charge in [0.25, 0.3) is 0 Å². The van der Waals surface area contributed by atoms with Gasteiger partial charge in [0.05, 0.1) is 7.11 Å². The summed E-state index contributed by atoms with van der Waals surface area (Å²) in [7, 11) is 1.20. The molecule has 0 radical (unpaired) electrons. The van der Waals surface area contributed by atoms with E-state index in [0.717, 1.165) is 24.3 Å². The third-order valence-electron chi connectivity index (χ3n) is 4.09. The molecule has 0 saturated heterocycles. The number of rotatable bonds is 12. The third-order valence-corrected chi connectivity index (χ3v) is 4.09. The van der Waals surface area contributed by atoms with Crippen LogP contribution >= 0.6 is 0 Å². The van der Waals surface area contributed by atoms with Gasteiger partial charge >= 0.3 is 29.9 Å². The molecule has 0 bridgehead atoms. The molecule has 0 aromatic heterocycles. The first-order valence-corrected chi connectivity index (χ1v) is 9.26. The lowest BCUT2D eigenvalue weighted by atomic mass is 9.96. The summed E-state index contributed by atoms with van der Waals surface area (Å²) in [5.41, 5.74) is 0. The summed E-state index contributed by atoms with van der Waals surface area (Å²) in [5.74, 6) is -31.9. The van der Waals surface area contributed by atoms with Gasteiger partial charge < -0.3 is 18.9 Å². The average Bonchev–Trinajstić information content (AvgIpc) is 2.72. The molecule has 0 N–H and O–H groups in total. The molecular formula is C19H19F11O4. The minimum absolute atomic E-state index is 0.0764. The zero-order valence-electron chi connectivity index (χ0n) is 17.7. The topological polar surface area (TPSA) is 36.9 Å². The number of ether oxygens (including phenoxy) is 4. The van der Waals surface area contributed by atoms with Crippen molar-refractivity contribution in [1.82, 2.24) is 0 Å². The van der Waals surface area contributed by atoms with Gasteiger partial charge in [-0.25, -0.2) is 0 Å². The van der Waals surface area contributed by atoms with Crippen LogP contribution in [0.4, 0.5) is 48.3 Å². The van der Waals surface area contributed by atoms with Crippen LogP contribution in [0.5, 0.6) is 11.5 Å². The Morgan fingerprint density at radius 1 is 0.735 bits per heavy atom. The standard InChI is InChI=1S/C19H19F11O4/c1-4-32-14(33-5-2)10-13(34-12-8-6-11(31-3)7-9-12)15(20,21)16(22,23)17(24,25)18(26,27)19(28,29)30/h6-10,14H,4-5H2,1-3H3/b13-10+. The molecule has 4 nitrogen and oxygen atoms in total. The van der Waals surface area contributed by atoms with E-state index in [1.54, 1.807) is 0 Å². The van der Waals surface area contributed by atoms with E-state index in [9.17, 15) is 48.3 Å². The SMILES string of the molecule is CCOC(/C=C(/Oc1ccc(OC)cc1)C(F)(F)C(F)(F)C(F)(F)C(F)(F)C(F)(F)F)OCC. The maximum Gasteiger partial charge on any atom is 0.460 e. The Labute approximate surface area is 186 Å². The van der Waals surface area contributed by atoms with E-state index in [1.807, 2.05) is 0 Å². The van der Waals surface area contributed by atoms with Gasteiger partial charge in [-0.15, -0.1) is 0 Å². The Morgan fingerprint density at radius 2 is 1.18 bits per heavy atom. The average molecular weight is 520 g/mol. The van der Waals surface area contributed by atoms with Crippen LogP contribution in [0.2, 0.25) is 0 Å². The zero-order chi connectivity index (χ0) is 26.6. The highest BCUT2D eigenvalue weighted by molar-refractivity contribution is 5.33. The fourth-order valence-corrected chi connectivity index (χ4v) is 2.30. The summed E-state index contributed by atoms with van der Waals surface area (Å²) in [4.78, 5) is 0. The van der Waals surface area contributed by atoms with Crippen molar-refractivity contribution in [2.24, 2.45) is 0 Å². The van der Waals surface area contributed by atoms with Crippen LogP contribution in [-0.2, 0) is 9.47 Å². The molecule has 1 rings (SSSR count). The van der Waals surface area contributed by atoms with Gasteiger partial charge in [0.15, 0.2) is 12.0 Å². The van der Waals surface area contributed by atoms with E-state index in [-0.39, 0.29) is 25.0 Å². The highest BCUT2D eigenvalue weighted by atomic mass is 19.4. The quantitative estimate of drug-likeness (QED) is 0.180. The van der Waals surface area contributed by atoms with Gasteiger partial charge in [0.1, 0.15) is 11.5 Å². The molecule has 1 aromatic carbocycles. The number of methoxy groups -OCH3 is 1. The first kappa shape index (κ1) is 29.7. The summed E-state index contributed by atoms with van der Waals surface area (Å²) in [5, 5.41) is 0. The van der Waals surface area contributed by atoms with Gasteiger partial charge in [0.2, 0.25) is 0 Å². The normalized spacial score (nSPS) is 14.5. The van der Waals surface area contributed by atoms with E-state index < -0.39 is 47.7 Å².